The van der Waals surface area contributed by atoms with Gasteiger partial charge in [-0.3, -0.25) is 9.98 Å². The maximum atomic E-state index is 4.72. The van der Waals surface area contributed by atoms with Crippen molar-refractivity contribution in [2.75, 3.05) is 11.1 Å². The first-order valence-corrected chi connectivity index (χ1v) is 7.53. The van der Waals surface area contributed by atoms with Crippen LogP contribution in [0.4, 0.5) is 5.69 Å². The number of rotatable bonds is 1. The monoisotopic (exact) mass is 271 g/mol. The topological polar surface area (TPSA) is 37.3 Å². The second kappa shape index (κ2) is 5.21. The first-order valence-electron chi connectivity index (χ1n) is 6.54. The van der Waals surface area contributed by atoms with Gasteiger partial charge in [-0.1, -0.05) is 30.8 Å². The van der Waals surface area contributed by atoms with Crippen molar-refractivity contribution in [2.45, 2.75) is 19.9 Å². The van der Waals surface area contributed by atoms with Crippen LogP contribution >= 0.6 is 11.8 Å². The van der Waals surface area contributed by atoms with E-state index in [2.05, 4.69) is 36.3 Å². The molecule has 3 nitrogen and oxygen atoms in total. The summed E-state index contributed by atoms with van der Waals surface area (Å²) in [5.41, 5.74) is 1.10. The number of amidine groups is 1. The van der Waals surface area contributed by atoms with Crippen molar-refractivity contribution < 1.29 is 0 Å². The molecule has 0 radical (unpaired) electrons. The van der Waals surface area contributed by atoms with Crippen LogP contribution in [0.5, 0.6) is 0 Å². The van der Waals surface area contributed by atoms with Gasteiger partial charge in [0.1, 0.15) is 0 Å². The van der Waals surface area contributed by atoms with Crippen LogP contribution in [0.3, 0.4) is 0 Å². The van der Waals surface area contributed by atoms with Gasteiger partial charge in [0.2, 0.25) is 0 Å². The molecule has 2 heterocycles. The van der Waals surface area contributed by atoms with Crippen molar-refractivity contribution in [2.24, 2.45) is 10.9 Å². The lowest BCUT2D eigenvalue weighted by atomic mass is 10.1. The number of pyridine rings is 1. The molecule has 0 fully saturated rings. The number of hydrogen-bond donors (Lipinski definition) is 1. The molecule has 2 unspecified atom stereocenters. The molecule has 1 aliphatic heterocycles. The maximum absolute atomic E-state index is 4.72. The molecule has 4 heteroatoms. The highest BCUT2D eigenvalue weighted by molar-refractivity contribution is 8.14. The van der Waals surface area contributed by atoms with Crippen LogP contribution in [0.2, 0.25) is 0 Å². The van der Waals surface area contributed by atoms with Crippen LogP contribution in [0.25, 0.3) is 10.8 Å². The molecular formula is C15H17N3S. The summed E-state index contributed by atoms with van der Waals surface area (Å²) < 4.78 is 0. The average Bonchev–Trinajstić information content (AvgIpc) is 2.43. The summed E-state index contributed by atoms with van der Waals surface area (Å²) in [5.74, 6) is 1.77. The first kappa shape index (κ1) is 12.5. The molecule has 1 aliphatic rings. The largest absolute Gasteiger partial charge is 0.334 e. The Kier molecular flexibility index (Phi) is 3.42. The molecule has 0 spiro atoms. The quantitative estimate of drug-likeness (QED) is 0.857. The Bertz CT molecular complexity index is 618. The van der Waals surface area contributed by atoms with E-state index in [1.54, 1.807) is 11.8 Å². The van der Waals surface area contributed by atoms with Crippen molar-refractivity contribution in [1.82, 2.24) is 4.98 Å². The summed E-state index contributed by atoms with van der Waals surface area (Å²) in [5, 5.41) is 6.82. The number of thioether (sulfide) groups is 1. The number of nitrogens with zero attached hydrogens (tertiary/aromatic N) is 2. The van der Waals surface area contributed by atoms with E-state index in [1.807, 2.05) is 24.5 Å². The SMILES string of the molecule is CC1CSC(Nc2cccc3cnccc23)=NC1C. The zero-order chi connectivity index (χ0) is 13.2. The van der Waals surface area contributed by atoms with Crippen LogP contribution < -0.4 is 5.32 Å². The molecule has 0 aliphatic carbocycles. The molecule has 0 bridgehead atoms. The fourth-order valence-electron chi connectivity index (χ4n) is 2.11. The molecule has 2 atom stereocenters. The van der Waals surface area contributed by atoms with Gasteiger partial charge < -0.3 is 5.32 Å². The highest BCUT2D eigenvalue weighted by Crippen LogP contribution is 2.27. The van der Waals surface area contributed by atoms with Gasteiger partial charge in [-0.25, -0.2) is 0 Å². The van der Waals surface area contributed by atoms with Crippen LogP contribution in [-0.4, -0.2) is 21.9 Å². The zero-order valence-electron chi connectivity index (χ0n) is 11.1. The molecule has 0 saturated heterocycles. The van der Waals surface area contributed by atoms with E-state index in [4.69, 9.17) is 4.99 Å². The van der Waals surface area contributed by atoms with Crippen molar-refractivity contribution in [1.29, 1.82) is 0 Å². The Labute approximate surface area is 117 Å². The predicted molar refractivity (Wildman–Crippen MR) is 83.9 cm³/mol. The minimum absolute atomic E-state index is 0.389. The number of anilines is 1. The lowest BCUT2D eigenvalue weighted by Crippen LogP contribution is -2.25. The van der Waals surface area contributed by atoms with Crippen LogP contribution in [0, 0.1) is 5.92 Å². The molecule has 2 aromatic rings. The van der Waals surface area contributed by atoms with Crippen molar-refractivity contribution in [3.8, 4) is 0 Å². The molecule has 98 valence electrons. The second-order valence-electron chi connectivity index (χ2n) is 4.99. The van der Waals surface area contributed by atoms with E-state index in [1.165, 1.54) is 5.39 Å². The van der Waals surface area contributed by atoms with Crippen LogP contribution in [0.15, 0.2) is 41.7 Å². The van der Waals surface area contributed by atoms with Gasteiger partial charge in [-0.15, -0.1) is 0 Å². The van der Waals surface area contributed by atoms with Gasteiger partial charge in [0.25, 0.3) is 0 Å². The smallest absolute Gasteiger partial charge is 0.161 e. The molecular weight excluding hydrogens is 254 g/mol. The van der Waals surface area contributed by atoms with E-state index in [-0.39, 0.29) is 0 Å². The van der Waals surface area contributed by atoms with Gasteiger partial charge in [0, 0.05) is 34.6 Å². The number of aliphatic imine (C=N–C) groups is 1. The normalized spacial score (nSPS) is 23.2. The predicted octanol–water partition coefficient (Wildman–Crippen LogP) is 3.77. The molecule has 19 heavy (non-hydrogen) atoms. The van der Waals surface area contributed by atoms with Crippen molar-refractivity contribution >= 4 is 33.4 Å². The molecule has 3 rings (SSSR count). The summed E-state index contributed by atoms with van der Waals surface area (Å²) in [6.45, 7) is 4.43. The lowest BCUT2D eigenvalue weighted by molar-refractivity contribution is 0.537. The Morgan fingerprint density at radius 2 is 2.16 bits per heavy atom. The minimum atomic E-state index is 0.389. The Hall–Kier alpha value is -1.55. The molecule has 0 amide bonds. The second-order valence-corrected chi connectivity index (χ2v) is 6.00. The van der Waals surface area contributed by atoms with Crippen molar-refractivity contribution in [3.63, 3.8) is 0 Å². The fraction of sp³-hybridized carbons (Fsp3) is 0.333. The summed E-state index contributed by atoms with van der Waals surface area (Å²) in [6.07, 6.45) is 3.72. The Morgan fingerprint density at radius 3 is 3.00 bits per heavy atom. The van der Waals surface area contributed by atoms with Gasteiger partial charge in [-0.05, 0) is 25.0 Å². The highest BCUT2D eigenvalue weighted by Gasteiger charge is 2.19. The summed E-state index contributed by atoms with van der Waals surface area (Å²) in [4.78, 5) is 8.88. The number of aromatic nitrogens is 1. The number of fused-ring (bicyclic) bond motifs is 1. The molecule has 1 N–H and O–H groups in total. The summed E-state index contributed by atoms with van der Waals surface area (Å²) in [6, 6.07) is 8.65. The fourth-order valence-corrected chi connectivity index (χ4v) is 3.24. The summed E-state index contributed by atoms with van der Waals surface area (Å²) in [7, 11) is 0. The molecule has 0 saturated carbocycles. The number of nitrogens with one attached hydrogen (secondary N) is 1. The van der Waals surface area contributed by atoms with E-state index in [0.717, 1.165) is 22.0 Å². The van der Waals surface area contributed by atoms with Gasteiger partial charge in [0.05, 0.1) is 6.04 Å². The van der Waals surface area contributed by atoms with E-state index in [9.17, 15) is 0 Å². The third kappa shape index (κ3) is 2.59. The molecule has 1 aromatic heterocycles. The van der Waals surface area contributed by atoms with Crippen LogP contribution in [0.1, 0.15) is 13.8 Å². The van der Waals surface area contributed by atoms with Crippen molar-refractivity contribution in [3.05, 3.63) is 36.7 Å². The Balaban J connectivity index is 1.92. The third-order valence-corrected chi connectivity index (χ3v) is 4.72. The highest BCUT2D eigenvalue weighted by atomic mass is 32.2. The van der Waals surface area contributed by atoms with Gasteiger partial charge in [0.15, 0.2) is 5.17 Å². The van der Waals surface area contributed by atoms with Gasteiger partial charge >= 0.3 is 0 Å². The average molecular weight is 271 g/mol. The minimum Gasteiger partial charge on any atom is -0.334 e. The number of benzene rings is 1. The van der Waals surface area contributed by atoms with Gasteiger partial charge in [-0.2, -0.15) is 0 Å². The first-order chi connectivity index (χ1) is 9.24. The van der Waals surface area contributed by atoms with E-state index >= 15 is 0 Å². The standard InChI is InChI=1S/C15H17N3S/c1-10-9-19-15(17-11(10)2)18-14-5-3-4-12-8-16-7-6-13(12)14/h3-8,10-11H,9H2,1-2H3,(H,17,18). The maximum Gasteiger partial charge on any atom is 0.161 e. The van der Waals surface area contributed by atoms with E-state index < -0.39 is 0 Å². The summed E-state index contributed by atoms with van der Waals surface area (Å²) >= 11 is 1.80. The lowest BCUT2D eigenvalue weighted by Gasteiger charge is -2.24. The van der Waals surface area contributed by atoms with Crippen LogP contribution in [-0.2, 0) is 0 Å². The Morgan fingerprint density at radius 1 is 1.26 bits per heavy atom. The van der Waals surface area contributed by atoms with E-state index in [0.29, 0.717) is 12.0 Å². The zero-order valence-corrected chi connectivity index (χ0v) is 11.9. The number of hydrogen-bond acceptors (Lipinski definition) is 4. The molecule has 1 aromatic carbocycles. The third-order valence-electron chi connectivity index (χ3n) is 3.55.